The van der Waals surface area contributed by atoms with E-state index in [0.29, 0.717) is 16.7 Å². The minimum atomic E-state index is -4.55. The van der Waals surface area contributed by atoms with Crippen LogP contribution in [0.25, 0.3) is 11.6 Å². The maximum Gasteiger partial charge on any atom is 0.416 e. The number of aryl methyl sites for hydroxylation is 3. The van der Waals surface area contributed by atoms with Crippen molar-refractivity contribution in [1.29, 1.82) is 0 Å². The maximum absolute atomic E-state index is 13.4. The first-order chi connectivity index (χ1) is 17.8. The van der Waals surface area contributed by atoms with Gasteiger partial charge in [-0.05, 0) is 96.6 Å². The third kappa shape index (κ3) is 6.28. The van der Waals surface area contributed by atoms with Gasteiger partial charge in [-0.15, -0.1) is 0 Å². The molecule has 0 aliphatic rings. The van der Waals surface area contributed by atoms with E-state index < -0.39 is 23.5 Å². The van der Waals surface area contributed by atoms with E-state index in [0.717, 1.165) is 52.3 Å². The molecule has 0 spiro atoms. The Hall–Kier alpha value is -4.00. The highest BCUT2D eigenvalue weighted by Gasteiger charge is 2.31. The summed E-state index contributed by atoms with van der Waals surface area (Å²) >= 11 is 0. The summed E-state index contributed by atoms with van der Waals surface area (Å²) in [5.41, 5.74) is 5.17. The zero-order valence-corrected chi connectivity index (χ0v) is 20.9. The summed E-state index contributed by atoms with van der Waals surface area (Å²) < 4.78 is 79.5. The Morgan fingerprint density at radius 1 is 0.632 bits per heavy atom. The fraction of sp³-hybridized carbons (Fsp3) is 0.161. The number of rotatable bonds is 5. The van der Waals surface area contributed by atoms with E-state index in [9.17, 15) is 26.3 Å². The first-order valence-electron chi connectivity index (χ1n) is 11.8. The quantitative estimate of drug-likeness (QED) is 0.202. The number of hydrogen-bond donors (Lipinski definition) is 1. The van der Waals surface area contributed by atoms with Crippen LogP contribution in [0.4, 0.5) is 37.7 Å². The van der Waals surface area contributed by atoms with E-state index in [1.54, 1.807) is 18.2 Å². The molecule has 4 aromatic carbocycles. The molecule has 0 aliphatic heterocycles. The highest BCUT2D eigenvalue weighted by atomic mass is 19.4. The zero-order valence-electron chi connectivity index (χ0n) is 20.9. The Morgan fingerprint density at radius 2 is 1.21 bits per heavy atom. The number of nitrogens with one attached hydrogen (secondary N) is 1. The zero-order chi connectivity index (χ0) is 27.7. The maximum atomic E-state index is 13.4. The molecule has 1 nitrogen and oxygen atoms in total. The third-order valence-electron chi connectivity index (χ3n) is 6.19. The second-order valence-electron chi connectivity index (χ2n) is 9.23. The fourth-order valence-electron chi connectivity index (χ4n) is 4.39. The molecule has 4 aromatic rings. The molecule has 7 heteroatoms. The summed E-state index contributed by atoms with van der Waals surface area (Å²) in [7, 11) is 0. The van der Waals surface area contributed by atoms with Gasteiger partial charge in [-0.25, -0.2) is 0 Å². The molecule has 0 atom stereocenters. The largest absolute Gasteiger partial charge is 0.416 e. The van der Waals surface area contributed by atoms with Gasteiger partial charge in [-0.3, -0.25) is 0 Å². The van der Waals surface area contributed by atoms with E-state index >= 15 is 0 Å². The molecule has 0 radical (unpaired) electrons. The van der Waals surface area contributed by atoms with Gasteiger partial charge >= 0.3 is 12.4 Å². The van der Waals surface area contributed by atoms with Crippen molar-refractivity contribution in [3.63, 3.8) is 0 Å². The molecule has 196 valence electrons. The van der Waals surface area contributed by atoms with Gasteiger partial charge in [0.2, 0.25) is 0 Å². The third-order valence-corrected chi connectivity index (χ3v) is 6.19. The van der Waals surface area contributed by atoms with Gasteiger partial charge in [0.05, 0.1) is 11.1 Å². The van der Waals surface area contributed by atoms with E-state index in [2.05, 4.69) is 17.4 Å². The molecular weight excluding hydrogens is 500 g/mol. The second-order valence-corrected chi connectivity index (χ2v) is 9.23. The summed E-state index contributed by atoms with van der Waals surface area (Å²) in [5.74, 6) is 0. The van der Waals surface area contributed by atoms with Crippen molar-refractivity contribution in [3.05, 3.63) is 129 Å². The molecule has 0 unspecified atom stereocenters. The average Bonchev–Trinajstić information content (AvgIpc) is 2.85. The lowest BCUT2D eigenvalue weighted by molar-refractivity contribution is -0.138. The van der Waals surface area contributed by atoms with Crippen molar-refractivity contribution < 1.29 is 26.3 Å². The first kappa shape index (κ1) is 27.0. The standard InChI is InChI=1S/C31H25F6N/c1-19-15-20(2)29(21(3)16-19)38-27-13-7-22(8-14-27)17-28(23-9-11-25(12-10-23)30(32,33)34)24-5-4-6-26(18-24)31(35,36)37/h4-18,38H,1-3H3/b28-17+. The predicted octanol–water partition coefficient (Wildman–Crippen LogP) is 9.98. The molecule has 0 heterocycles. The van der Waals surface area contributed by atoms with Crippen LogP contribution in [0.1, 0.15) is 44.5 Å². The van der Waals surface area contributed by atoms with Gasteiger partial charge in [0.15, 0.2) is 0 Å². The van der Waals surface area contributed by atoms with Crippen molar-refractivity contribution in [2.75, 3.05) is 5.32 Å². The molecule has 0 saturated carbocycles. The molecule has 0 aliphatic carbocycles. The minimum Gasteiger partial charge on any atom is -0.355 e. The highest BCUT2D eigenvalue weighted by Crippen LogP contribution is 2.35. The molecule has 0 saturated heterocycles. The number of halogens is 6. The van der Waals surface area contributed by atoms with Crippen LogP contribution in [0.5, 0.6) is 0 Å². The summed E-state index contributed by atoms with van der Waals surface area (Å²) in [5, 5.41) is 3.40. The van der Waals surface area contributed by atoms with Crippen molar-refractivity contribution in [3.8, 4) is 0 Å². The number of anilines is 2. The Morgan fingerprint density at radius 3 is 1.76 bits per heavy atom. The summed E-state index contributed by atoms with van der Waals surface area (Å²) in [4.78, 5) is 0. The molecule has 0 amide bonds. The molecular formula is C31H25F6N. The lowest BCUT2D eigenvalue weighted by atomic mass is 9.93. The van der Waals surface area contributed by atoms with E-state index in [1.165, 1.54) is 24.3 Å². The predicted molar refractivity (Wildman–Crippen MR) is 140 cm³/mol. The second kappa shape index (κ2) is 10.4. The molecule has 0 fully saturated rings. The van der Waals surface area contributed by atoms with Crippen LogP contribution in [0.15, 0.2) is 84.9 Å². The number of alkyl halides is 6. The smallest absolute Gasteiger partial charge is 0.355 e. The highest BCUT2D eigenvalue weighted by molar-refractivity contribution is 5.91. The van der Waals surface area contributed by atoms with Crippen molar-refractivity contribution in [1.82, 2.24) is 0 Å². The van der Waals surface area contributed by atoms with Crippen molar-refractivity contribution in [2.24, 2.45) is 0 Å². The SMILES string of the molecule is Cc1cc(C)c(Nc2ccc(/C=C(\c3ccc(C(F)(F)F)cc3)c3cccc(C(F)(F)F)c3)cc2)c(C)c1. The fourth-order valence-corrected chi connectivity index (χ4v) is 4.39. The lowest BCUT2D eigenvalue weighted by Crippen LogP contribution is -2.06. The molecule has 0 aromatic heterocycles. The van der Waals surface area contributed by atoms with Crippen LogP contribution in [0.3, 0.4) is 0 Å². The van der Waals surface area contributed by atoms with Crippen LogP contribution >= 0.6 is 0 Å². The van der Waals surface area contributed by atoms with Crippen LogP contribution < -0.4 is 5.32 Å². The summed E-state index contributed by atoms with van der Waals surface area (Å²) in [6.07, 6.45) is -7.40. The first-order valence-corrected chi connectivity index (χ1v) is 11.8. The van der Waals surface area contributed by atoms with Gasteiger partial charge < -0.3 is 5.32 Å². The van der Waals surface area contributed by atoms with Gasteiger partial charge in [0, 0.05) is 11.4 Å². The summed E-state index contributed by atoms with van der Waals surface area (Å²) in [6, 6.07) is 20.6. The molecule has 1 N–H and O–H groups in total. The van der Waals surface area contributed by atoms with Crippen LogP contribution in [-0.4, -0.2) is 0 Å². The van der Waals surface area contributed by atoms with Gasteiger partial charge in [-0.1, -0.05) is 54.1 Å². The Bertz CT molecular complexity index is 1440. The Balaban J connectivity index is 1.73. The van der Waals surface area contributed by atoms with Gasteiger partial charge in [0.25, 0.3) is 0 Å². The molecule has 38 heavy (non-hydrogen) atoms. The Kier molecular flexibility index (Phi) is 7.40. The molecule has 0 bridgehead atoms. The summed E-state index contributed by atoms with van der Waals surface area (Å²) in [6.45, 7) is 6.07. The topological polar surface area (TPSA) is 12.0 Å². The van der Waals surface area contributed by atoms with E-state index in [4.69, 9.17) is 0 Å². The number of benzene rings is 4. The Labute approximate surface area is 217 Å². The average molecular weight is 526 g/mol. The monoisotopic (exact) mass is 525 g/mol. The van der Waals surface area contributed by atoms with Crippen LogP contribution in [0, 0.1) is 20.8 Å². The normalized spacial score (nSPS) is 12.5. The van der Waals surface area contributed by atoms with Crippen LogP contribution in [0.2, 0.25) is 0 Å². The van der Waals surface area contributed by atoms with E-state index in [-0.39, 0.29) is 5.56 Å². The van der Waals surface area contributed by atoms with Crippen LogP contribution in [-0.2, 0) is 12.4 Å². The van der Waals surface area contributed by atoms with Gasteiger partial charge in [0.1, 0.15) is 0 Å². The number of hydrogen-bond acceptors (Lipinski definition) is 1. The minimum absolute atomic E-state index is 0.243. The van der Waals surface area contributed by atoms with E-state index in [1.807, 2.05) is 32.9 Å². The lowest BCUT2D eigenvalue weighted by Gasteiger charge is -2.15. The molecule has 4 rings (SSSR count). The van der Waals surface area contributed by atoms with Crippen molar-refractivity contribution in [2.45, 2.75) is 33.1 Å². The van der Waals surface area contributed by atoms with Gasteiger partial charge in [-0.2, -0.15) is 26.3 Å². The van der Waals surface area contributed by atoms with Crippen molar-refractivity contribution >= 4 is 23.0 Å².